The summed E-state index contributed by atoms with van der Waals surface area (Å²) >= 11 is 0. The van der Waals surface area contributed by atoms with Gasteiger partial charge in [-0.3, -0.25) is 0 Å². The van der Waals surface area contributed by atoms with Gasteiger partial charge in [0.1, 0.15) is 5.60 Å². The van der Waals surface area contributed by atoms with E-state index in [0.717, 1.165) is 6.21 Å². The van der Waals surface area contributed by atoms with Gasteiger partial charge in [0, 0.05) is 0 Å². The summed E-state index contributed by atoms with van der Waals surface area (Å²) in [6.07, 6.45) is 0.882. The first kappa shape index (κ1) is 9.39. The molecule has 0 aromatic carbocycles. The minimum Gasteiger partial charge on any atom is -0.411 e. The Hall–Kier alpha value is -0.610. The van der Waals surface area contributed by atoms with Crippen LogP contribution in [0.25, 0.3) is 0 Å². The van der Waals surface area contributed by atoms with E-state index in [4.69, 9.17) is 5.21 Å². The van der Waals surface area contributed by atoms with E-state index in [2.05, 4.69) is 5.16 Å². The fraction of sp³-hybridized carbons (Fsp3) is 0.833. The maximum atomic E-state index is 9.29. The zero-order valence-corrected chi connectivity index (χ0v) is 6.37. The van der Waals surface area contributed by atoms with E-state index in [9.17, 15) is 10.2 Å². The zero-order valence-electron chi connectivity index (χ0n) is 6.37. The van der Waals surface area contributed by atoms with Crippen LogP contribution in [0.5, 0.6) is 0 Å². The van der Waals surface area contributed by atoms with Crippen LogP contribution in [0.3, 0.4) is 0 Å². The average molecular weight is 147 g/mol. The van der Waals surface area contributed by atoms with Crippen molar-refractivity contribution in [3.8, 4) is 0 Å². The van der Waals surface area contributed by atoms with Gasteiger partial charge in [0.05, 0.1) is 11.8 Å². The molecular weight excluding hydrogens is 134 g/mol. The van der Waals surface area contributed by atoms with Crippen LogP contribution in [-0.4, -0.2) is 32.8 Å². The van der Waals surface area contributed by atoms with Gasteiger partial charge in [-0.15, -0.1) is 0 Å². The van der Waals surface area contributed by atoms with E-state index in [0.29, 0.717) is 0 Å². The highest BCUT2D eigenvalue weighted by Crippen LogP contribution is 2.18. The van der Waals surface area contributed by atoms with Gasteiger partial charge in [0.2, 0.25) is 0 Å². The topological polar surface area (TPSA) is 73.0 Å². The molecule has 1 unspecified atom stereocenters. The molecule has 0 aliphatic rings. The minimum atomic E-state index is -1.50. The largest absolute Gasteiger partial charge is 0.411 e. The van der Waals surface area contributed by atoms with Gasteiger partial charge in [-0.1, -0.05) is 5.16 Å². The van der Waals surface area contributed by atoms with E-state index in [-0.39, 0.29) is 0 Å². The predicted molar refractivity (Wildman–Crippen MR) is 37.2 cm³/mol. The Balaban J connectivity index is 4.40. The number of rotatable bonds is 2. The van der Waals surface area contributed by atoms with Crippen molar-refractivity contribution in [1.29, 1.82) is 0 Å². The molecule has 0 amide bonds. The lowest BCUT2D eigenvalue weighted by molar-refractivity contribution is -0.0734. The van der Waals surface area contributed by atoms with Crippen molar-refractivity contribution in [2.75, 3.05) is 0 Å². The van der Waals surface area contributed by atoms with Crippen LogP contribution in [-0.2, 0) is 0 Å². The Bertz CT molecular complexity index is 134. The molecule has 3 N–H and O–H groups in total. The third-order valence-electron chi connectivity index (χ3n) is 1.55. The SMILES string of the molecule is CC(C)(O)C(C)(O)/C=N/O. The van der Waals surface area contributed by atoms with E-state index in [1.54, 1.807) is 0 Å². The fourth-order valence-electron chi connectivity index (χ4n) is 0.270. The Morgan fingerprint density at radius 2 is 1.60 bits per heavy atom. The molecule has 0 aromatic heterocycles. The zero-order chi connectivity index (χ0) is 8.41. The molecule has 0 aliphatic heterocycles. The molecule has 10 heavy (non-hydrogen) atoms. The van der Waals surface area contributed by atoms with Gasteiger partial charge >= 0.3 is 0 Å². The molecule has 0 heterocycles. The van der Waals surface area contributed by atoms with Gasteiger partial charge in [-0.2, -0.15) is 0 Å². The van der Waals surface area contributed by atoms with Crippen LogP contribution in [0.1, 0.15) is 20.8 Å². The number of oxime groups is 1. The van der Waals surface area contributed by atoms with Crippen molar-refractivity contribution >= 4 is 6.21 Å². The van der Waals surface area contributed by atoms with Crippen LogP contribution in [0.2, 0.25) is 0 Å². The molecule has 0 bridgehead atoms. The lowest BCUT2D eigenvalue weighted by Crippen LogP contribution is -2.48. The predicted octanol–water partition coefficient (Wildman–Crippen LogP) is -0.0317. The Labute approximate surface area is 59.8 Å². The summed E-state index contributed by atoms with van der Waals surface area (Å²) < 4.78 is 0. The maximum Gasteiger partial charge on any atom is 0.128 e. The summed E-state index contributed by atoms with van der Waals surface area (Å²) in [7, 11) is 0. The molecule has 1 atom stereocenters. The molecule has 0 spiro atoms. The summed E-state index contributed by atoms with van der Waals surface area (Å²) in [5, 5.41) is 29.2. The van der Waals surface area contributed by atoms with E-state index in [1.807, 2.05) is 0 Å². The molecule has 0 fully saturated rings. The molecule has 4 nitrogen and oxygen atoms in total. The van der Waals surface area contributed by atoms with Crippen molar-refractivity contribution in [1.82, 2.24) is 0 Å². The molecule has 0 aromatic rings. The summed E-state index contributed by atoms with van der Waals surface area (Å²) in [5.41, 5.74) is -2.80. The smallest absolute Gasteiger partial charge is 0.128 e. The first-order valence-electron chi connectivity index (χ1n) is 2.94. The summed E-state index contributed by atoms with van der Waals surface area (Å²) in [5.74, 6) is 0. The van der Waals surface area contributed by atoms with Crippen molar-refractivity contribution in [2.24, 2.45) is 5.16 Å². The van der Waals surface area contributed by atoms with Crippen LogP contribution in [0.4, 0.5) is 0 Å². The van der Waals surface area contributed by atoms with Crippen LogP contribution in [0.15, 0.2) is 5.16 Å². The first-order valence-corrected chi connectivity index (χ1v) is 2.94. The second-order valence-electron chi connectivity index (χ2n) is 2.95. The molecule has 60 valence electrons. The van der Waals surface area contributed by atoms with E-state index in [1.165, 1.54) is 20.8 Å². The minimum absolute atomic E-state index is 0.882. The highest BCUT2D eigenvalue weighted by Gasteiger charge is 2.36. The maximum absolute atomic E-state index is 9.29. The number of aliphatic hydroxyl groups is 2. The van der Waals surface area contributed by atoms with E-state index >= 15 is 0 Å². The molecule has 0 radical (unpaired) electrons. The van der Waals surface area contributed by atoms with Crippen LogP contribution >= 0.6 is 0 Å². The fourth-order valence-corrected chi connectivity index (χ4v) is 0.270. The van der Waals surface area contributed by atoms with Crippen molar-refractivity contribution in [2.45, 2.75) is 32.0 Å². The van der Waals surface area contributed by atoms with Crippen LogP contribution < -0.4 is 0 Å². The summed E-state index contributed by atoms with van der Waals surface area (Å²) in [4.78, 5) is 0. The average Bonchev–Trinajstić information content (AvgIpc) is 1.61. The molecule has 4 heteroatoms. The molecule has 0 saturated carbocycles. The molecule has 0 aliphatic carbocycles. The third-order valence-corrected chi connectivity index (χ3v) is 1.55. The Morgan fingerprint density at radius 1 is 1.20 bits per heavy atom. The monoisotopic (exact) mass is 147 g/mol. The normalized spacial score (nSPS) is 19.3. The van der Waals surface area contributed by atoms with Crippen molar-refractivity contribution in [3.05, 3.63) is 0 Å². The lowest BCUT2D eigenvalue weighted by Gasteiger charge is -2.31. The van der Waals surface area contributed by atoms with Gasteiger partial charge in [-0.05, 0) is 20.8 Å². The number of hydrogen-bond donors (Lipinski definition) is 3. The molecule has 0 saturated heterocycles. The molecule has 0 rings (SSSR count). The van der Waals surface area contributed by atoms with Crippen molar-refractivity contribution < 1.29 is 15.4 Å². The quantitative estimate of drug-likeness (QED) is 0.292. The first-order chi connectivity index (χ1) is 4.31. The van der Waals surface area contributed by atoms with Crippen molar-refractivity contribution in [3.63, 3.8) is 0 Å². The second kappa shape index (κ2) is 2.56. The van der Waals surface area contributed by atoms with E-state index < -0.39 is 11.2 Å². The van der Waals surface area contributed by atoms with Gasteiger partial charge in [0.25, 0.3) is 0 Å². The Morgan fingerprint density at radius 3 is 1.70 bits per heavy atom. The van der Waals surface area contributed by atoms with Crippen LogP contribution in [0, 0.1) is 0 Å². The standard InChI is InChI=1S/C6H13NO3/c1-5(2,8)6(3,9)4-7-10/h4,8-10H,1-3H3/b7-4+. The lowest BCUT2D eigenvalue weighted by atomic mass is 9.89. The van der Waals surface area contributed by atoms with Gasteiger partial charge in [0.15, 0.2) is 0 Å². The third kappa shape index (κ3) is 1.97. The number of hydrogen-bond acceptors (Lipinski definition) is 4. The summed E-state index contributed by atoms with van der Waals surface area (Å²) in [6.45, 7) is 4.20. The summed E-state index contributed by atoms with van der Waals surface area (Å²) in [6, 6.07) is 0. The molecular formula is C6H13NO3. The second-order valence-corrected chi connectivity index (χ2v) is 2.95. The Kier molecular flexibility index (Phi) is 2.40. The highest BCUT2D eigenvalue weighted by atomic mass is 16.4. The van der Waals surface area contributed by atoms with Gasteiger partial charge < -0.3 is 15.4 Å². The highest BCUT2D eigenvalue weighted by molar-refractivity contribution is 5.68. The number of nitrogens with zero attached hydrogens (tertiary/aromatic N) is 1. The van der Waals surface area contributed by atoms with Gasteiger partial charge in [-0.25, -0.2) is 0 Å².